The first-order valence-corrected chi connectivity index (χ1v) is 9.38. The Bertz CT molecular complexity index is 417. The van der Waals surface area contributed by atoms with Gasteiger partial charge in [0.2, 0.25) is 0 Å². The largest absolute Gasteiger partial charge is 0.444 e. The first kappa shape index (κ1) is 17.0. The predicted molar refractivity (Wildman–Crippen MR) is 91.5 cm³/mol. The van der Waals surface area contributed by atoms with Gasteiger partial charge < -0.3 is 19.9 Å². The number of ether oxygens (including phenoxy) is 1. The monoisotopic (exact) mass is 323 g/mol. The molecule has 0 radical (unpaired) electrons. The van der Waals surface area contributed by atoms with Crippen molar-refractivity contribution in [3.63, 3.8) is 0 Å². The number of nitrogens with one attached hydrogen (secondary N) is 1. The van der Waals surface area contributed by atoms with Crippen molar-refractivity contribution in [1.82, 2.24) is 15.1 Å². The third kappa shape index (κ3) is 4.83. The number of carbonyl (C=O) groups excluding carboxylic acids is 1. The molecule has 132 valence electrons. The minimum Gasteiger partial charge on any atom is -0.444 e. The highest BCUT2D eigenvalue weighted by atomic mass is 16.6. The quantitative estimate of drug-likeness (QED) is 0.763. The third-order valence-corrected chi connectivity index (χ3v) is 5.23. The smallest absolute Gasteiger partial charge is 0.410 e. The van der Waals surface area contributed by atoms with E-state index < -0.39 is 5.60 Å². The van der Waals surface area contributed by atoms with Gasteiger partial charge in [-0.15, -0.1) is 0 Å². The zero-order chi connectivity index (χ0) is 16.4. The lowest BCUT2D eigenvalue weighted by atomic mass is 9.94. The third-order valence-electron chi connectivity index (χ3n) is 5.23. The van der Waals surface area contributed by atoms with Crippen LogP contribution in [0.1, 0.15) is 52.9 Å². The number of rotatable bonds is 6. The van der Waals surface area contributed by atoms with Gasteiger partial charge in [0.1, 0.15) is 5.60 Å². The Morgan fingerprint density at radius 1 is 1.22 bits per heavy atom. The van der Waals surface area contributed by atoms with E-state index in [2.05, 4.69) is 10.2 Å². The normalized spacial score (nSPS) is 30.3. The van der Waals surface area contributed by atoms with Crippen molar-refractivity contribution in [2.75, 3.05) is 32.7 Å². The maximum absolute atomic E-state index is 12.3. The fourth-order valence-corrected chi connectivity index (χ4v) is 3.89. The van der Waals surface area contributed by atoms with E-state index in [0.717, 1.165) is 38.3 Å². The number of nitrogens with zero attached hydrogens (tertiary/aromatic N) is 2. The highest BCUT2D eigenvalue weighted by Crippen LogP contribution is 2.29. The molecule has 2 bridgehead atoms. The van der Waals surface area contributed by atoms with E-state index in [4.69, 9.17) is 4.74 Å². The van der Waals surface area contributed by atoms with Gasteiger partial charge in [-0.25, -0.2) is 4.79 Å². The van der Waals surface area contributed by atoms with Gasteiger partial charge >= 0.3 is 6.09 Å². The summed E-state index contributed by atoms with van der Waals surface area (Å²) >= 11 is 0. The lowest BCUT2D eigenvalue weighted by Crippen LogP contribution is -2.45. The van der Waals surface area contributed by atoms with Crippen molar-refractivity contribution in [2.45, 2.75) is 70.6 Å². The summed E-state index contributed by atoms with van der Waals surface area (Å²) in [5.41, 5.74) is -0.404. The summed E-state index contributed by atoms with van der Waals surface area (Å²) in [7, 11) is 0. The van der Waals surface area contributed by atoms with Crippen LogP contribution in [0.25, 0.3) is 0 Å². The summed E-state index contributed by atoms with van der Waals surface area (Å²) in [4.78, 5) is 16.9. The van der Waals surface area contributed by atoms with Crippen LogP contribution < -0.4 is 5.32 Å². The summed E-state index contributed by atoms with van der Waals surface area (Å²) in [6.45, 7) is 11.5. The van der Waals surface area contributed by atoms with Gasteiger partial charge in [0.15, 0.2) is 0 Å². The van der Waals surface area contributed by atoms with Crippen molar-refractivity contribution in [2.24, 2.45) is 5.92 Å². The molecule has 3 atom stereocenters. The second-order valence-electron chi connectivity index (χ2n) is 8.46. The minimum atomic E-state index is -0.404. The Hall–Kier alpha value is -0.810. The van der Waals surface area contributed by atoms with E-state index in [-0.39, 0.29) is 6.09 Å². The molecule has 0 spiro atoms. The molecule has 1 aliphatic carbocycles. The Kier molecular flexibility index (Phi) is 5.16. The molecule has 0 aromatic heterocycles. The zero-order valence-corrected chi connectivity index (χ0v) is 15.0. The minimum absolute atomic E-state index is 0.135. The van der Waals surface area contributed by atoms with E-state index >= 15 is 0 Å². The summed E-state index contributed by atoms with van der Waals surface area (Å²) < 4.78 is 5.55. The number of amides is 1. The molecule has 1 saturated carbocycles. The molecule has 2 saturated heterocycles. The number of fused-ring (bicyclic) bond motifs is 2. The maximum atomic E-state index is 12.3. The van der Waals surface area contributed by atoms with Crippen molar-refractivity contribution in [1.29, 1.82) is 0 Å². The average Bonchev–Trinajstić information content (AvgIpc) is 3.22. The molecular weight excluding hydrogens is 290 g/mol. The molecule has 2 heterocycles. The first-order valence-electron chi connectivity index (χ1n) is 9.38. The van der Waals surface area contributed by atoms with E-state index in [1.54, 1.807) is 0 Å². The first-order chi connectivity index (χ1) is 10.9. The molecule has 23 heavy (non-hydrogen) atoms. The van der Waals surface area contributed by atoms with Gasteiger partial charge in [-0.05, 0) is 78.4 Å². The molecule has 1 N–H and O–H groups in total. The standard InChI is InChI=1S/C18H33N3O2/c1-18(2,3)23-17(22)21(15-5-6-15)10-4-9-19-16-8-12-20-11-7-14(16)13-20/h14-16,19H,4-13H2,1-3H3. The summed E-state index contributed by atoms with van der Waals surface area (Å²) in [6, 6.07) is 1.10. The Labute approximate surface area is 140 Å². The predicted octanol–water partition coefficient (Wildman–Crippen LogP) is 2.46. The van der Waals surface area contributed by atoms with Crippen molar-refractivity contribution in [3.8, 4) is 0 Å². The fraction of sp³-hybridized carbons (Fsp3) is 0.944. The molecular formula is C18H33N3O2. The van der Waals surface area contributed by atoms with Crippen LogP contribution in [0.15, 0.2) is 0 Å². The second-order valence-corrected chi connectivity index (χ2v) is 8.46. The summed E-state index contributed by atoms with van der Waals surface area (Å²) in [6.07, 6.45) is 5.78. The molecule has 0 aromatic rings. The Balaban J connectivity index is 1.38. The molecule has 5 nitrogen and oxygen atoms in total. The molecule has 0 aromatic carbocycles. The Morgan fingerprint density at radius 2 is 1.96 bits per heavy atom. The van der Waals surface area contributed by atoms with Crippen molar-refractivity contribution >= 4 is 6.09 Å². The van der Waals surface area contributed by atoms with Crippen molar-refractivity contribution < 1.29 is 9.53 Å². The van der Waals surface area contributed by atoms with Gasteiger partial charge in [0.05, 0.1) is 0 Å². The molecule has 3 fully saturated rings. The molecule has 3 unspecified atom stereocenters. The number of carbonyl (C=O) groups is 1. The summed E-state index contributed by atoms with van der Waals surface area (Å²) in [5.74, 6) is 0.842. The number of piperidine rings is 1. The summed E-state index contributed by atoms with van der Waals surface area (Å²) in [5, 5.41) is 3.75. The fourth-order valence-electron chi connectivity index (χ4n) is 3.89. The van der Waals surface area contributed by atoms with Crippen LogP contribution in [-0.2, 0) is 4.74 Å². The van der Waals surface area contributed by atoms with Crippen molar-refractivity contribution in [3.05, 3.63) is 0 Å². The highest BCUT2D eigenvalue weighted by Gasteiger charge is 2.35. The van der Waals surface area contributed by atoms with Crippen LogP contribution in [0.3, 0.4) is 0 Å². The lowest BCUT2D eigenvalue weighted by molar-refractivity contribution is 0.0231. The Morgan fingerprint density at radius 3 is 2.65 bits per heavy atom. The van der Waals surface area contributed by atoms with E-state index in [1.807, 2.05) is 25.7 Å². The molecule has 2 aliphatic heterocycles. The van der Waals surface area contributed by atoms with Gasteiger partial charge in [0, 0.05) is 25.2 Å². The van der Waals surface area contributed by atoms with Crippen LogP contribution in [0.4, 0.5) is 4.79 Å². The SMILES string of the molecule is CC(C)(C)OC(=O)N(CCCNC1CCN2CCC1C2)C1CC1. The average molecular weight is 323 g/mol. The van der Waals surface area contributed by atoms with E-state index in [1.165, 1.54) is 32.5 Å². The molecule has 5 heteroatoms. The molecule has 3 aliphatic rings. The van der Waals surface area contributed by atoms with E-state index in [9.17, 15) is 4.79 Å². The van der Waals surface area contributed by atoms with Crippen LogP contribution in [0, 0.1) is 5.92 Å². The van der Waals surface area contributed by atoms with Crippen LogP contribution >= 0.6 is 0 Å². The lowest BCUT2D eigenvalue weighted by Gasteiger charge is -2.31. The van der Waals surface area contributed by atoms with Crippen LogP contribution in [0.2, 0.25) is 0 Å². The van der Waals surface area contributed by atoms with E-state index in [0.29, 0.717) is 12.1 Å². The molecule has 1 amide bonds. The number of hydrogen-bond acceptors (Lipinski definition) is 4. The highest BCUT2D eigenvalue weighted by molar-refractivity contribution is 5.69. The van der Waals surface area contributed by atoms with Gasteiger partial charge in [-0.2, -0.15) is 0 Å². The van der Waals surface area contributed by atoms with Crippen LogP contribution in [-0.4, -0.2) is 66.3 Å². The zero-order valence-electron chi connectivity index (χ0n) is 15.0. The second kappa shape index (κ2) is 6.98. The molecule has 3 rings (SSSR count). The van der Waals surface area contributed by atoms with Gasteiger partial charge in [0.25, 0.3) is 0 Å². The topological polar surface area (TPSA) is 44.8 Å². The van der Waals surface area contributed by atoms with Crippen LogP contribution in [0.5, 0.6) is 0 Å². The van der Waals surface area contributed by atoms with Gasteiger partial charge in [-0.1, -0.05) is 0 Å². The maximum Gasteiger partial charge on any atom is 0.410 e. The number of hydrogen-bond donors (Lipinski definition) is 1. The van der Waals surface area contributed by atoms with Gasteiger partial charge in [-0.3, -0.25) is 0 Å².